The van der Waals surface area contributed by atoms with Crippen LogP contribution in [0, 0.1) is 13.8 Å². The van der Waals surface area contributed by atoms with E-state index in [4.69, 9.17) is 16.6 Å². The number of hydrogen-bond donors (Lipinski definition) is 1. The molecular formula is C22H23ClN6O. The highest BCUT2D eigenvalue weighted by Gasteiger charge is 2.22. The second-order valence-corrected chi connectivity index (χ2v) is 8.84. The lowest BCUT2D eigenvalue weighted by molar-refractivity contribution is 0.567. The summed E-state index contributed by atoms with van der Waals surface area (Å²) in [5, 5.41) is 5.32. The van der Waals surface area contributed by atoms with Crippen LogP contribution in [0.4, 0.5) is 0 Å². The van der Waals surface area contributed by atoms with Gasteiger partial charge in [-0.1, -0.05) is 32.4 Å². The molecule has 154 valence electrons. The summed E-state index contributed by atoms with van der Waals surface area (Å²) < 4.78 is 1.63. The Balaban J connectivity index is 1.93. The van der Waals surface area contributed by atoms with Crippen molar-refractivity contribution in [3.05, 3.63) is 56.9 Å². The zero-order valence-corrected chi connectivity index (χ0v) is 18.6. The lowest BCUT2D eigenvalue weighted by Crippen LogP contribution is -2.15. The number of halogens is 1. The van der Waals surface area contributed by atoms with E-state index in [2.05, 4.69) is 40.8 Å². The van der Waals surface area contributed by atoms with Gasteiger partial charge in [0.25, 0.3) is 0 Å². The molecule has 4 aromatic heterocycles. The predicted molar refractivity (Wildman–Crippen MR) is 119 cm³/mol. The van der Waals surface area contributed by atoms with Gasteiger partial charge in [-0.2, -0.15) is 5.10 Å². The average Bonchev–Trinajstić information content (AvgIpc) is 2.99. The molecule has 4 rings (SSSR count). The highest BCUT2D eigenvalue weighted by atomic mass is 35.5. The molecule has 0 spiro atoms. The van der Waals surface area contributed by atoms with Crippen molar-refractivity contribution in [2.45, 2.75) is 40.0 Å². The first-order valence-corrected chi connectivity index (χ1v) is 10.0. The zero-order valence-electron chi connectivity index (χ0n) is 17.8. The van der Waals surface area contributed by atoms with E-state index >= 15 is 0 Å². The fourth-order valence-electron chi connectivity index (χ4n) is 3.61. The van der Waals surface area contributed by atoms with Gasteiger partial charge in [0, 0.05) is 36.0 Å². The predicted octanol–water partition coefficient (Wildman–Crippen LogP) is 4.35. The Labute approximate surface area is 179 Å². The number of hydrogen-bond acceptors (Lipinski definition) is 5. The van der Waals surface area contributed by atoms with Crippen molar-refractivity contribution >= 4 is 22.5 Å². The quantitative estimate of drug-likeness (QED) is 0.518. The Morgan fingerprint density at radius 1 is 1.13 bits per heavy atom. The van der Waals surface area contributed by atoms with Crippen LogP contribution in [0.25, 0.3) is 33.7 Å². The summed E-state index contributed by atoms with van der Waals surface area (Å²) in [6, 6.07) is 5.21. The molecule has 4 heterocycles. The number of aromatic amines is 1. The maximum atomic E-state index is 13.1. The maximum Gasteiger partial charge on any atom is 0.192 e. The van der Waals surface area contributed by atoms with Gasteiger partial charge in [-0.05, 0) is 26.0 Å². The van der Waals surface area contributed by atoms with Gasteiger partial charge in [0.1, 0.15) is 11.5 Å². The van der Waals surface area contributed by atoms with Gasteiger partial charge in [0.05, 0.1) is 27.3 Å². The normalized spacial score (nSPS) is 12.0. The summed E-state index contributed by atoms with van der Waals surface area (Å²) in [7, 11) is 1.78. The summed E-state index contributed by atoms with van der Waals surface area (Å²) >= 11 is 6.54. The smallest absolute Gasteiger partial charge is 0.192 e. The van der Waals surface area contributed by atoms with Crippen LogP contribution in [-0.4, -0.2) is 29.7 Å². The minimum Gasteiger partial charge on any atom is -0.354 e. The Bertz CT molecular complexity index is 1350. The summed E-state index contributed by atoms with van der Waals surface area (Å²) in [6.45, 7) is 9.93. The lowest BCUT2D eigenvalue weighted by Gasteiger charge is -2.21. The standard InChI is InChI=1S/C22H23ClN6O/c1-11-13(9-14(23)20(25-11)22(3,4)5)16-10-17(30)18-15(27-16)7-8-24-19(18)21-26-12(2)28-29(21)6/h7-10H,1-6H3,(H,27,30). The molecule has 1 N–H and O–H groups in total. The molecule has 0 aliphatic carbocycles. The van der Waals surface area contributed by atoms with E-state index in [-0.39, 0.29) is 10.8 Å². The number of nitrogens with one attached hydrogen (secondary N) is 1. The minimum atomic E-state index is -0.175. The molecule has 0 unspecified atom stereocenters. The number of rotatable bonds is 2. The maximum absolute atomic E-state index is 13.1. The first-order valence-electron chi connectivity index (χ1n) is 9.64. The SMILES string of the molecule is Cc1nc(-c2nccc3[nH]c(-c4cc(Cl)c(C(C)(C)C)nc4C)cc(=O)c23)n(C)n1. The molecule has 30 heavy (non-hydrogen) atoms. The summed E-state index contributed by atoms with van der Waals surface area (Å²) in [6.07, 6.45) is 1.65. The van der Waals surface area contributed by atoms with E-state index in [0.717, 1.165) is 17.0 Å². The molecule has 7 nitrogen and oxygen atoms in total. The Hall–Kier alpha value is -3.06. The first kappa shape index (κ1) is 20.2. The molecule has 0 aromatic carbocycles. The Kier molecular flexibility index (Phi) is 4.73. The van der Waals surface area contributed by atoms with E-state index in [1.807, 2.05) is 13.0 Å². The molecule has 4 aromatic rings. The molecule has 0 amide bonds. The van der Waals surface area contributed by atoms with Crippen molar-refractivity contribution in [3.63, 3.8) is 0 Å². The molecule has 8 heteroatoms. The van der Waals surface area contributed by atoms with Crippen LogP contribution in [0.2, 0.25) is 5.02 Å². The molecule has 0 bridgehead atoms. The molecule has 0 aliphatic heterocycles. The number of fused-ring (bicyclic) bond motifs is 1. The third-order valence-electron chi connectivity index (χ3n) is 4.99. The van der Waals surface area contributed by atoms with Crippen molar-refractivity contribution in [2.75, 3.05) is 0 Å². The van der Waals surface area contributed by atoms with Crippen molar-refractivity contribution in [3.8, 4) is 22.8 Å². The van der Waals surface area contributed by atoms with Crippen molar-refractivity contribution in [1.82, 2.24) is 29.7 Å². The van der Waals surface area contributed by atoms with Gasteiger partial charge < -0.3 is 4.98 Å². The van der Waals surface area contributed by atoms with Crippen LogP contribution < -0.4 is 5.43 Å². The zero-order chi connectivity index (χ0) is 21.8. The van der Waals surface area contributed by atoms with Crippen LogP contribution in [0.5, 0.6) is 0 Å². The van der Waals surface area contributed by atoms with Gasteiger partial charge in [-0.25, -0.2) is 9.67 Å². The highest BCUT2D eigenvalue weighted by molar-refractivity contribution is 6.31. The minimum absolute atomic E-state index is 0.155. The second-order valence-electron chi connectivity index (χ2n) is 8.44. The van der Waals surface area contributed by atoms with E-state index in [1.165, 1.54) is 0 Å². The van der Waals surface area contributed by atoms with Crippen LogP contribution in [0.1, 0.15) is 38.0 Å². The molecule has 0 radical (unpaired) electrons. The Morgan fingerprint density at radius 3 is 2.50 bits per heavy atom. The fraction of sp³-hybridized carbons (Fsp3) is 0.318. The second kappa shape index (κ2) is 7.02. The molecule has 0 atom stereocenters. The number of H-pyrrole nitrogens is 1. The van der Waals surface area contributed by atoms with E-state index in [9.17, 15) is 4.79 Å². The van der Waals surface area contributed by atoms with Crippen molar-refractivity contribution < 1.29 is 0 Å². The Morgan fingerprint density at radius 2 is 1.87 bits per heavy atom. The largest absolute Gasteiger partial charge is 0.354 e. The summed E-state index contributed by atoms with van der Waals surface area (Å²) in [4.78, 5) is 30.0. The van der Waals surface area contributed by atoms with E-state index in [0.29, 0.717) is 39.0 Å². The number of aromatic nitrogens is 6. The molecule has 0 saturated carbocycles. The van der Waals surface area contributed by atoms with Crippen LogP contribution in [-0.2, 0) is 12.5 Å². The van der Waals surface area contributed by atoms with E-state index in [1.54, 1.807) is 37.0 Å². The van der Waals surface area contributed by atoms with Gasteiger partial charge in [0.2, 0.25) is 0 Å². The average molecular weight is 423 g/mol. The topological polar surface area (TPSA) is 89.4 Å². The molecule has 0 saturated heterocycles. The number of aryl methyl sites for hydroxylation is 3. The number of nitrogens with zero attached hydrogens (tertiary/aromatic N) is 5. The lowest BCUT2D eigenvalue weighted by atomic mass is 9.90. The van der Waals surface area contributed by atoms with Crippen LogP contribution in [0.3, 0.4) is 0 Å². The van der Waals surface area contributed by atoms with Crippen LogP contribution in [0.15, 0.2) is 29.2 Å². The first-order chi connectivity index (χ1) is 14.1. The molecule has 0 fully saturated rings. The summed E-state index contributed by atoms with van der Waals surface area (Å²) in [5.74, 6) is 1.17. The highest BCUT2D eigenvalue weighted by Crippen LogP contribution is 2.33. The third kappa shape index (κ3) is 3.39. The molecular weight excluding hydrogens is 400 g/mol. The van der Waals surface area contributed by atoms with E-state index < -0.39 is 0 Å². The van der Waals surface area contributed by atoms with Gasteiger partial charge in [-0.3, -0.25) is 14.8 Å². The van der Waals surface area contributed by atoms with Crippen molar-refractivity contribution in [1.29, 1.82) is 0 Å². The number of pyridine rings is 3. The van der Waals surface area contributed by atoms with Crippen LogP contribution >= 0.6 is 11.6 Å². The van der Waals surface area contributed by atoms with Gasteiger partial charge in [0.15, 0.2) is 11.3 Å². The van der Waals surface area contributed by atoms with Gasteiger partial charge in [-0.15, -0.1) is 0 Å². The van der Waals surface area contributed by atoms with Gasteiger partial charge >= 0.3 is 0 Å². The molecule has 0 aliphatic rings. The fourth-order valence-corrected chi connectivity index (χ4v) is 4.05. The van der Waals surface area contributed by atoms with Crippen molar-refractivity contribution in [2.24, 2.45) is 7.05 Å². The summed E-state index contributed by atoms with van der Waals surface area (Å²) in [5.41, 5.74) is 3.92. The third-order valence-corrected chi connectivity index (χ3v) is 5.28. The monoisotopic (exact) mass is 422 g/mol.